The normalized spacial score (nSPS) is 16.6. The van der Waals surface area contributed by atoms with Crippen LogP contribution >= 0.6 is 0 Å². The summed E-state index contributed by atoms with van der Waals surface area (Å²) in [5.41, 5.74) is 0.836. The Morgan fingerprint density at radius 2 is 2.09 bits per heavy atom. The van der Waals surface area contributed by atoms with Crippen molar-refractivity contribution in [2.24, 2.45) is 0 Å². The lowest BCUT2D eigenvalue weighted by Crippen LogP contribution is -2.31. The summed E-state index contributed by atoms with van der Waals surface area (Å²) >= 11 is 0. The van der Waals surface area contributed by atoms with Crippen LogP contribution in [0.2, 0.25) is 0 Å². The van der Waals surface area contributed by atoms with Crippen molar-refractivity contribution in [2.75, 3.05) is 37.4 Å². The van der Waals surface area contributed by atoms with Crippen LogP contribution in [0.15, 0.2) is 24.9 Å². The number of hydrogen-bond donors (Lipinski definition) is 1. The molecular formula is C22H26F2N8O. The zero-order valence-electron chi connectivity index (χ0n) is 19.0. The quantitative estimate of drug-likeness (QED) is 0.609. The molecular weight excluding hydrogens is 430 g/mol. The third kappa shape index (κ3) is 4.54. The smallest absolute Gasteiger partial charge is 0.303 e. The molecule has 174 valence electrons. The summed E-state index contributed by atoms with van der Waals surface area (Å²) in [4.78, 5) is 28.2. The van der Waals surface area contributed by atoms with Gasteiger partial charge in [0.1, 0.15) is 5.82 Å². The van der Waals surface area contributed by atoms with Gasteiger partial charge in [0, 0.05) is 51.3 Å². The molecule has 0 bridgehead atoms. The molecule has 3 aromatic rings. The van der Waals surface area contributed by atoms with E-state index in [1.165, 1.54) is 17.7 Å². The summed E-state index contributed by atoms with van der Waals surface area (Å²) in [5, 5.41) is 8.14. The maximum atomic E-state index is 14.1. The van der Waals surface area contributed by atoms with Crippen molar-refractivity contribution in [3.8, 4) is 5.82 Å². The number of aromatic nitrogens is 5. The monoisotopic (exact) mass is 456 g/mol. The Kier molecular flexibility index (Phi) is 5.83. The minimum Gasteiger partial charge on any atom is -0.353 e. The van der Waals surface area contributed by atoms with Crippen LogP contribution in [-0.4, -0.2) is 68.8 Å². The van der Waals surface area contributed by atoms with Gasteiger partial charge in [0.15, 0.2) is 11.6 Å². The maximum Gasteiger partial charge on any atom is 0.303 e. The lowest BCUT2D eigenvalue weighted by molar-refractivity contribution is -0.114. The van der Waals surface area contributed by atoms with E-state index < -0.39 is 11.7 Å². The van der Waals surface area contributed by atoms with E-state index in [2.05, 4.69) is 36.6 Å². The van der Waals surface area contributed by atoms with Crippen LogP contribution in [0.25, 0.3) is 22.8 Å². The first-order chi connectivity index (χ1) is 15.6. The van der Waals surface area contributed by atoms with Crippen LogP contribution in [0.5, 0.6) is 0 Å². The summed E-state index contributed by atoms with van der Waals surface area (Å²) < 4.78 is 29.7. The second-order valence-electron chi connectivity index (χ2n) is 8.42. The molecule has 9 nitrogen and oxygen atoms in total. The molecule has 4 heterocycles. The van der Waals surface area contributed by atoms with E-state index in [1.807, 2.05) is 14.1 Å². The van der Waals surface area contributed by atoms with E-state index >= 15 is 0 Å². The van der Waals surface area contributed by atoms with E-state index in [4.69, 9.17) is 5.10 Å². The first kappa shape index (κ1) is 22.7. The van der Waals surface area contributed by atoms with Crippen LogP contribution in [0, 0.1) is 0 Å². The summed E-state index contributed by atoms with van der Waals surface area (Å²) in [6.07, 6.45) is 3.99. The lowest BCUT2D eigenvalue weighted by Gasteiger charge is -2.20. The van der Waals surface area contributed by atoms with E-state index in [9.17, 15) is 13.6 Å². The van der Waals surface area contributed by atoms with Gasteiger partial charge >= 0.3 is 5.92 Å². The highest BCUT2D eigenvalue weighted by Gasteiger charge is 2.31. The van der Waals surface area contributed by atoms with E-state index in [-0.39, 0.29) is 17.4 Å². The number of nitrogens with one attached hydrogen (secondary N) is 1. The minimum absolute atomic E-state index is 0.177. The number of carbonyl (C=O) groups is 1. The number of hydrogen-bond acceptors (Lipinski definition) is 7. The molecule has 4 rings (SSSR count). The van der Waals surface area contributed by atoms with Crippen LogP contribution in [0.1, 0.15) is 31.8 Å². The van der Waals surface area contributed by atoms with Gasteiger partial charge in [-0.05, 0) is 26.6 Å². The fraction of sp³-hybridized carbons (Fsp3) is 0.409. The predicted molar refractivity (Wildman–Crippen MR) is 123 cm³/mol. The lowest BCUT2D eigenvalue weighted by atomic mass is 10.2. The molecule has 0 aliphatic carbocycles. The number of carbonyl (C=O) groups excluding carboxylic acids is 1. The zero-order chi connectivity index (χ0) is 23.9. The Hall–Kier alpha value is -3.47. The van der Waals surface area contributed by atoms with Crippen molar-refractivity contribution >= 4 is 34.5 Å². The van der Waals surface area contributed by atoms with Crippen molar-refractivity contribution in [3.05, 3.63) is 36.4 Å². The van der Waals surface area contributed by atoms with Gasteiger partial charge in [-0.3, -0.25) is 4.79 Å². The second-order valence-corrected chi connectivity index (χ2v) is 8.42. The van der Waals surface area contributed by atoms with Crippen LogP contribution in [0.3, 0.4) is 0 Å². The predicted octanol–water partition coefficient (Wildman–Crippen LogP) is 3.06. The molecule has 1 N–H and O–H groups in total. The van der Waals surface area contributed by atoms with Gasteiger partial charge in [0.25, 0.3) is 0 Å². The SMILES string of the molecule is C=Cc1cc(-n2nc(N3CC[C@H](N(C)C)C3)c3cnc(NC(C)=O)cc32)nc(C(C)(F)F)n1. The number of amides is 1. The fourth-order valence-electron chi connectivity index (χ4n) is 3.87. The van der Waals surface area contributed by atoms with Crippen molar-refractivity contribution < 1.29 is 13.6 Å². The Labute approximate surface area is 190 Å². The van der Waals surface area contributed by atoms with Gasteiger partial charge < -0.3 is 15.1 Å². The zero-order valence-corrected chi connectivity index (χ0v) is 19.0. The molecule has 0 unspecified atom stereocenters. The van der Waals surface area contributed by atoms with Gasteiger partial charge in [-0.25, -0.2) is 19.6 Å². The second kappa shape index (κ2) is 8.47. The fourth-order valence-corrected chi connectivity index (χ4v) is 3.87. The minimum atomic E-state index is -3.24. The Bertz CT molecular complexity index is 1220. The van der Waals surface area contributed by atoms with E-state index in [1.54, 1.807) is 18.3 Å². The van der Waals surface area contributed by atoms with Crippen molar-refractivity contribution in [1.82, 2.24) is 29.6 Å². The standard InChI is InChI=1S/C22H26F2N8O/c1-6-14-9-19(28-21(27-14)22(3,23)24)32-17-10-18(26-13(2)33)25-11-16(17)20(29-32)31-8-7-15(12-31)30(4)5/h6,9-11,15H,1,7-8,12H2,2-5H3,(H,25,26,33)/t15-/m0/s1. The van der Waals surface area contributed by atoms with E-state index in [0.717, 1.165) is 31.8 Å². The third-order valence-corrected chi connectivity index (χ3v) is 5.59. The average molecular weight is 457 g/mol. The van der Waals surface area contributed by atoms with Crippen molar-refractivity contribution in [1.29, 1.82) is 0 Å². The van der Waals surface area contributed by atoms with Gasteiger partial charge in [0.2, 0.25) is 11.7 Å². The van der Waals surface area contributed by atoms with Crippen LogP contribution in [0.4, 0.5) is 20.4 Å². The van der Waals surface area contributed by atoms with Gasteiger partial charge in [-0.1, -0.05) is 6.58 Å². The highest BCUT2D eigenvalue weighted by atomic mass is 19.3. The number of alkyl halides is 2. The molecule has 1 atom stereocenters. The topological polar surface area (TPSA) is 92.1 Å². The van der Waals surface area contributed by atoms with Gasteiger partial charge in [-0.2, -0.15) is 8.78 Å². The first-order valence-corrected chi connectivity index (χ1v) is 10.5. The van der Waals surface area contributed by atoms with Gasteiger partial charge in [0.05, 0.1) is 16.6 Å². The highest BCUT2D eigenvalue weighted by Crippen LogP contribution is 2.33. The number of halogens is 2. The number of rotatable bonds is 6. The molecule has 3 aromatic heterocycles. The molecule has 0 radical (unpaired) electrons. The molecule has 1 amide bonds. The van der Waals surface area contributed by atoms with Crippen LogP contribution in [-0.2, 0) is 10.7 Å². The van der Waals surface area contributed by atoms with Gasteiger partial charge in [-0.15, -0.1) is 5.10 Å². The molecule has 33 heavy (non-hydrogen) atoms. The highest BCUT2D eigenvalue weighted by molar-refractivity contribution is 5.95. The van der Waals surface area contributed by atoms with Crippen LogP contribution < -0.4 is 10.2 Å². The molecule has 0 spiro atoms. The summed E-state index contributed by atoms with van der Waals surface area (Å²) in [6.45, 7) is 7.35. The van der Waals surface area contributed by atoms with Crippen molar-refractivity contribution in [3.63, 3.8) is 0 Å². The first-order valence-electron chi connectivity index (χ1n) is 10.5. The Morgan fingerprint density at radius 1 is 1.33 bits per heavy atom. The summed E-state index contributed by atoms with van der Waals surface area (Å²) in [6, 6.07) is 3.57. The third-order valence-electron chi connectivity index (χ3n) is 5.59. The summed E-state index contributed by atoms with van der Waals surface area (Å²) in [7, 11) is 4.08. The number of anilines is 2. The molecule has 1 saturated heterocycles. The molecule has 0 saturated carbocycles. The van der Waals surface area contributed by atoms with E-state index in [0.29, 0.717) is 23.2 Å². The molecule has 1 fully saturated rings. The number of pyridine rings is 1. The maximum absolute atomic E-state index is 14.1. The number of fused-ring (bicyclic) bond motifs is 1. The average Bonchev–Trinajstić information content (AvgIpc) is 3.37. The Balaban J connectivity index is 1.90. The molecule has 11 heteroatoms. The number of nitrogens with zero attached hydrogens (tertiary/aromatic N) is 7. The van der Waals surface area contributed by atoms with Crippen molar-refractivity contribution in [2.45, 2.75) is 32.2 Å². The largest absolute Gasteiger partial charge is 0.353 e. The molecule has 1 aliphatic rings. The Morgan fingerprint density at radius 3 is 2.70 bits per heavy atom. The summed E-state index contributed by atoms with van der Waals surface area (Å²) in [5.74, 6) is -2.95. The number of likely N-dealkylation sites (N-methyl/N-ethyl adjacent to an activating group) is 1. The molecule has 1 aliphatic heterocycles. The molecule has 0 aromatic carbocycles.